The fourth-order valence-corrected chi connectivity index (χ4v) is 2.40. The average molecular weight is 441 g/mol. The van der Waals surface area contributed by atoms with Crippen LogP contribution in [0.5, 0.6) is 0 Å². The predicted molar refractivity (Wildman–Crippen MR) is 129 cm³/mol. The van der Waals surface area contributed by atoms with E-state index in [9.17, 15) is 0 Å². The molecule has 0 aliphatic carbocycles. The van der Waals surface area contributed by atoms with Crippen LogP contribution in [0, 0.1) is 0 Å². The van der Waals surface area contributed by atoms with Gasteiger partial charge in [0.15, 0.2) is 0 Å². The Balaban J connectivity index is -0.000000367. The molecular weight excluding hydrogens is 396 g/mol. The van der Waals surface area contributed by atoms with Gasteiger partial charge in [-0.25, -0.2) is 4.89 Å². The minimum atomic E-state index is -0.403. The van der Waals surface area contributed by atoms with Crippen LogP contribution in [-0.2, 0) is 4.89 Å². The Kier molecular flexibility index (Phi) is 22.0. The van der Waals surface area contributed by atoms with Gasteiger partial charge in [-0.2, -0.15) is 0 Å². The standard InChI is InChI=1S/C12H18.C9H12.C4H10O2.2H2O2/c1-9(2)11-7-5-6-8-12(11)10(3)4;1-8(2)9-6-4-3-5-7-9;1-4(2,3)6-5;2*1-2/h5-10H,1-4H3;3-8H,1-2H3;5H,1-3H3;2*1-2H. The molecule has 0 fully saturated rings. The van der Waals surface area contributed by atoms with E-state index in [1.165, 1.54) is 16.7 Å². The van der Waals surface area contributed by atoms with Crippen LogP contribution < -0.4 is 0 Å². The lowest BCUT2D eigenvalue weighted by Crippen LogP contribution is -2.15. The summed E-state index contributed by atoms with van der Waals surface area (Å²) < 4.78 is 0. The number of hydrogen-bond acceptors (Lipinski definition) is 6. The molecule has 0 spiro atoms. The van der Waals surface area contributed by atoms with Gasteiger partial charge in [-0.1, -0.05) is 96.1 Å². The third kappa shape index (κ3) is 18.7. The molecule has 0 radical (unpaired) electrons. The molecule has 0 amide bonds. The van der Waals surface area contributed by atoms with Crippen LogP contribution in [0.1, 0.15) is 96.8 Å². The van der Waals surface area contributed by atoms with E-state index in [1.54, 1.807) is 20.8 Å². The van der Waals surface area contributed by atoms with Gasteiger partial charge >= 0.3 is 0 Å². The maximum Gasteiger partial charge on any atom is 0.0949 e. The first kappa shape index (κ1) is 33.8. The lowest BCUT2D eigenvalue weighted by Gasteiger charge is -2.14. The minimum Gasteiger partial charge on any atom is -0.255 e. The van der Waals surface area contributed by atoms with Gasteiger partial charge < -0.3 is 0 Å². The summed E-state index contributed by atoms with van der Waals surface area (Å²) in [4.78, 5) is 3.94. The second-order valence-electron chi connectivity index (χ2n) is 8.71. The predicted octanol–water partition coefficient (Wildman–Crippen LogP) is 8.05. The molecule has 0 saturated heterocycles. The quantitative estimate of drug-likeness (QED) is 0.244. The molecule has 0 saturated carbocycles. The van der Waals surface area contributed by atoms with Crippen molar-refractivity contribution < 1.29 is 31.2 Å². The van der Waals surface area contributed by atoms with Gasteiger partial charge in [0.1, 0.15) is 0 Å². The third-order valence-corrected chi connectivity index (χ3v) is 3.98. The molecule has 0 unspecified atom stereocenters. The van der Waals surface area contributed by atoms with E-state index in [0.717, 1.165) is 0 Å². The highest BCUT2D eigenvalue weighted by Gasteiger charge is 2.08. The Morgan fingerprint density at radius 2 is 0.871 bits per heavy atom. The first-order chi connectivity index (χ1) is 14.5. The molecule has 0 atom stereocenters. The Hall–Kier alpha value is -1.80. The van der Waals surface area contributed by atoms with E-state index in [2.05, 4.69) is 95.0 Å². The van der Waals surface area contributed by atoms with E-state index in [0.29, 0.717) is 17.8 Å². The van der Waals surface area contributed by atoms with Crippen molar-refractivity contribution in [2.45, 2.75) is 85.7 Å². The van der Waals surface area contributed by atoms with Gasteiger partial charge in [-0.3, -0.25) is 26.3 Å². The van der Waals surface area contributed by atoms with Crippen LogP contribution in [0.3, 0.4) is 0 Å². The van der Waals surface area contributed by atoms with Crippen LogP contribution in [0.25, 0.3) is 0 Å². The Morgan fingerprint density at radius 1 is 0.581 bits per heavy atom. The fourth-order valence-electron chi connectivity index (χ4n) is 2.40. The second-order valence-corrected chi connectivity index (χ2v) is 8.71. The molecule has 2 aromatic rings. The number of rotatable bonds is 3. The molecule has 0 aliphatic rings. The maximum absolute atomic E-state index is 7.90. The molecule has 2 rings (SSSR count). The van der Waals surface area contributed by atoms with Crippen LogP contribution >= 0.6 is 0 Å². The summed E-state index contributed by atoms with van der Waals surface area (Å²) in [5, 5.41) is 31.9. The van der Waals surface area contributed by atoms with Crippen LogP contribution in [-0.4, -0.2) is 31.9 Å². The summed E-state index contributed by atoms with van der Waals surface area (Å²) in [5.74, 6) is 1.94. The van der Waals surface area contributed by atoms with Crippen molar-refractivity contribution in [2.75, 3.05) is 0 Å². The van der Waals surface area contributed by atoms with E-state index >= 15 is 0 Å². The van der Waals surface area contributed by atoms with Crippen molar-refractivity contribution in [3.8, 4) is 0 Å². The van der Waals surface area contributed by atoms with Crippen molar-refractivity contribution in [3.05, 3.63) is 71.3 Å². The van der Waals surface area contributed by atoms with Gasteiger partial charge in [0.05, 0.1) is 5.60 Å². The van der Waals surface area contributed by atoms with E-state index < -0.39 is 5.60 Å². The van der Waals surface area contributed by atoms with Crippen molar-refractivity contribution >= 4 is 0 Å². The number of benzene rings is 2. The van der Waals surface area contributed by atoms with Crippen molar-refractivity contribution in [1.29, 1.82) is 0 Å². The fraction of sp³-hybridized carbons (Fsp3) is 0.520. The van der Waals surface area contributed by atoms with E-state index in [4.69, 9.17) is 26.3 Å². The lowest BCUT2D eigenvalue weighted by molar-refractivity contribution is -0.306. The summed E-state index contributed by atoms with van der Waals surface area (Å²) in [6.45, 7) is 18.7. The lowest BCUT2D eigenvalue weighted by atomic mass is 9.91. The first-order valence-corrected chi connectivity index (χ1v) is 10.4. The molecule has 2 aromatic carbocycles. The zero-order chi connectivity index (χ0) is 25.0. The van der Waals surface area contributed by atoms with Crippen molar-refractivity contribution in [2.24, 2.45) is 0 Å². The van der Waals surface area contributed by atoms with Gasteiger partial charge in [-0.15, -0.1) is 0 Å². The number of hydrogen-bond donors (Lipinski definition) is 5. The van der Waals surface area contributed by atoms with Crippen molar-refractivity contribution in [1.82, 2.24) is 0 Å². The highest BCUT2D eigenvalue weighted by molar-refractivity contribution is 5.31. The molecule has 0 heterocycles. The zero-order valence-corrected chi connectivity index (χ0v) is 20.6. The largest absolute Gasteiger partial charge is 0.255 e. The minimum absolute atomic E-state index is 0.403. The summed E-state index contributed by atoms with van der Waals surface area (Å²) >= 11 is 0. The second kappa shape index (κ2) is 20.1. The molecule has 180 valence electrons. The normalized spacial score (nSPS) is 9.97. The molecule has 6 heteroatoms. The molecule has 0 aromatic heterocycles. The summed E-state index contributed by atoms with van der Waals surface area (Å²) in [6, 6.07) is 19.2. The highest BCUT2D eigenvalue weighted by atomic mass is 17.1. The zero-order valence-electron chi connectivity index (χ0n) is 20.6. The summed E-state index contributed by atoms with van der Waals surface area (Å²) in [7, 11) is 0. The van der Waals surface area contributed by atoms with Crippen LogP contribution in [0.15, 0.2) is 54.6 Å². The molecular formula is C25H44O6. The van der Waals surface area contributed by atoms with Crippen molar-refractivity contribution in [3.63, 3.8) is 0 Å². The molecule has 6 nitrogen and oxygen atoms in total. The SMILES string of the molecule is CC(C)(C)OO.CC(C)c1ccccc1.CC(C)c1ccccc1C(C)C.OO.OO. The average Bonchev–Trinajstić information content (AvgIpc) is 2.77. The van der Waals surface area contributed by atoms with Gasteiger partial charge in [0.25, 0.3) is 0 Å². The Morgan fingerprint density at radius 3 is 1.06 bits per heavy atom. The molecule has 31 heavy (non-hydrogen) atoms. The van der Waals surface area contributed by atoms with E-state index in [-0.39, 0.29) is 0 Å². The summed E-state index contributed by atoms with van der Waals surface area (Å²) in [5.41, 5.74) is 4.00. The Bertz CT molecular complexity index is 592. The molecule has 5 N–H and O–H groups in total. The maximum atomic E-state index is 7.90. The van der Waals surface area contributed by atoms with Gasteiger partial charge in [-0.05, 0) is 55.2 Å². The topological polar surface area (TPSA) is 110 Å². The van der Waals surface area contributed by atoms with Gasteiger partial charge in [0, 0.05) is 0 Å². The van der Waals surface area contributed by atoms with Crippen LogP contribution in [0.4, 0.5) is 0 Å². The summed E-state index contributed by atoms with van der Waals surface area (Å²) in [6.07, 6.45) is 0. The van der Waals surface area contributed by atoms with E-state index in [1.807, 2.05) is 6.07 Å². The van der Waals surface area contributed by atoms with Crippen LogP contribution in [0.2, 0.25) is 0 Å². The smallest absolute Gasteiger partial charge is 0.0949 e. The molecule has 0 bridgehead atoms. The first-order valence-electron chi connectivity index (χ1n) is 10.4. The third-order valence-electron chi connectivity index (χ3n) is 3.98. The highest BCUT2D eigenvalue weighted by Crippen LogP contribution is 2.25. The molecule has 0 aliphatic heterocycles. The monoisotopic (exact) mass is 440 g/mol. The van der Waals surface area contributed by atoms with Gasteiger partial charge in [0.2, 0.25) is 0 Å². The Labute approximate surface area is 188 Å².